The van der Waals surface area contributed by atoms with Gasteiger partial charge in [0.05, 0.1) is 14.2 Å². The molecule has 0 saturated carbocycles. The Morgan fingerprint density at radius 3 is 2.50 bits per heavy atom. The van der Waals surface area contributed by atoms with E-state index < -0.39 is 35.2 Å². The van der Waals surface area contributed by atoms with Crippen molar-refractivity contribution < 1.29 is 23.8 Å². The molecule has 3 N–H and O–H groups in total. The van der Waals surface area contributed by atoms with Crippen molar-refractivity contribution in [3.63, 3.8) is 0 Å². The van der Waals surface area contributed by atoms with E-state index in [0.29, 0.717) is 12.2 Å². The van der Waals surface area contributed by atoms with Gasteiger partial charge >= 0.3 is 11.7 Å². The quantitative estimate of drug-likeness (QED) is 0.491. The molecule has 0 spiro atoms. The van der Waals surface area contributed by atoms with Crippen molar-refractivity contribution in [2.45, 2.75) is 19.9 Å². The summed E-state index contributed by atoms with van der Waals surface area (Å²) in [6.07, 6.45) is 0.564. The second kappa shape index (κ2) is 8.89. The van der Waals surface area contributed by atoms with Gasteiger partial charge in [-0.1, -0.05) is 13.0 Å². The molecular weight excluding hydrogens is 370 g/mol. The second-order valence-corrected chi connectivity index (χ2v) is 5.71. The zero-order chi connectivity index (χ0) is 20.8. The molecule has 0 saturated heterocycles. The molecule has 2 rings (SSSR count). The first kappa shape index (κ1) is 20.7. The Labute approximate surface area is 159 Å². The molecule has 0 fully saturated rings. The van der Waals surface area contributed by atoms with Gasteiger partial charge in [-0.2, -0.15) is 0 Å². The number of hydrogen-bond donors (Lipinski definition) is 2. The number of aromatic nitrogens is 2. The third-order valence-corrected chi connectivity index (χ3v) is 3.92. The standard InChI is InChI=1S/C18H21N3O7/c1-4-8-21-15(19)13(16(23)20-18(21)25)11(22)9-28-17(24)10-6-5-7-12(26-2)14(10)27-3/h5-7H,4,8-9,19H2,1-3H3,(H,20,23,25). The summed E-state index contributed by atoms with van der Waals surface area (Å²) in [7, 11) is 2.77. The molecular formula is C18H21N3O7. The fraction of sp³-hybridized carbons (Fsp3) is 0.333. The first-order valence-corrected chi connectivity index (χ1v) is 8.39. The molecule has 0 bridgehead atoms. The molecule has 28 heavy (non-hydrogen) atoms. The van der Waals surface area contributed by atoms with Crippen LogP contribution in [0.25, 0.3) is 0 Å². The molecule has 150 valence electrons. The van der Waals surface area contributed by atoms with Crippen molar-refractivity contribution in [3.8, 4) is 11.5 Å². The van der Waals surface area contributed by atoms with Gasteiger partial charge in [0.15, 0.2) is 18.1 Å². The number of nitrogens with one attached hydrogen (secondary N) is 1. The summed E-state index contributed by atoms with van der Waals surface area (Å²) in [6.45, 7) is 1.29. The topological polar surface area (TPSA) is 143 Å². The lowest BCUT2D eigenvalue weighted by Gasteiger charge is -2.13. The van der Waals surface area contributed by atoms with Crippen molar-refractivity contribution in [1.82, 2.24) is 9.55 Å². The van der Waals surface area contributed by atoms with E-state index >= 15 is 0 Å². The number of ketones is 1. The molecule has 0 aliphatic heterocycles. The number of rotatable bonds is 8. The number of aromatic amines is 1. The van der Waals surface area contributed by atoms with Crippen LogP contribution in [-0.4, -0.2) is 42.1 Å². The van der Waals surface area contributed by atoms with Gasteiger partial charge in [0.25, 0.3) is 5.56 Å². The van der Waals surface area contributed by atoms with Gasteiger partial charge in [-0.3, -0.25) is 19.1 Å². The van der Waals surface area contributed by atoms with E-state index in [1.807, 2.05) is 11.9 Å². The number of ether oxygens (including phenoxy) is 3. The summed E-state index contributed by atoms with van der Waals surface area (Å²) in [6, 6.07) is 4.60. The molecule has 1 heterocycles. The van der Waals surface area contributed by atoms with Crippen LogP contribution in [-0.2, 0) is 11.3 Å². The summed E-state index contributed by atoms with van der Waals surface area (Å²) < 4.78 is 16.3. The lowest BCUT2D eigenvalue weighted by Crippen LogP contribution is -2.37. The molecule has 10 heteroatoms. The number of H-pyrrole nitrogens is 1. The summed E-state index contributed by atoms with van der Waals surface area (Å²) >= 11 is 0. The van der Waals surface area contributed by atoms with E-state index in [4.69, 9.17) is 19.9 Å². The van der Waals surface area contributed by atoms with Gasteiger partial charge in [-0.05, 0) is 18.6 Å². The number of benzene rings is 1. The van der Waals surface area contributed by atoms with Gasteiger partial charge in [-0.15, -0.1) is 0 Å². The van der Waals surface area contributed by atoms with Crippen LogP contribution in [0.2, 0.25) is 0 Å². The average molecular weight is 391 g/mol. The van der Waals surface area contributed by atoms with Crippen molar-refractivity contribution in [3.05, 3.63) is 50.2 Å². The minimum Gasteiger partial charge on any atom is -0.493 e. The lowest BCUT2D eigenvalue weighted by molar-refractivity contribution is 0.0470. The Morgan fingerprint density at radius 1 is 1.18 bits per heavy atom. The molecule has 0 aliphatic rings. The maximum absolute atomic E-state index is 12.4. The zero-order valence-electron chi connectivity index (χ0n) is 15.7. The molecule has 0 radical (unpaired) electrons. The minimum atomic E-state index is -0.935. The number of esters is 1. The third kappa shape index (κ3) is 4.05. The number of nitrogens with zero attached hydrogens (tertiary/aromatic N) is 1. The minimum absolute atomic E-state index is 0.0486. The zero-order valence-corrected chi connectivity index (χ0v) is 15.7. The molecule has 1 aromatic heterocycles. The number of Topliss-reactive ketones (excluding diaryl/α,β-unsaturated/α-hetero) is 1. The fourth-order valence-corrected chi connectivity index (χ4v) is 2.63. The average Bonchev–Trinajstić information content (AvgIpc) is 2.68. The third-order valence-electron chi connectivity index (χ3n) is 3.92. The summed E-state index contributed by atoms with van der Waals surface area (Å²) in [4.78, 5) is 50.6. The molecule has 2 aromatic rings. The van der Waals surface area contributed by atoms with Crippen molar-refractivity contribution in [2.24, 2.45) is 0 Å². The number of para-hydroxylation sites is 1. The number of methoxy groups -OCH3 is 2. The van der Waals surface area contributed by atoms with E-state index in [2.05, 4.69) is 0 Å². The van der Waals surface area contributed by atoms with E-state index in [1.165, 1.54) is 20.3 Å². The number of carbonyl (C=O) groups excluding carboxylic acids is 2. The van der Waals surface area contributed by atoms with E-state index in [-0.39, 0.29) is 23.7 Å². The predicted molar refractivity (Wildman–Crippen MR) is 100 cm³/mol. The highest BCUT2D eigenvalue weighted by Gasteiger charge is 2.23. The molecule has 0 unspecified atom stereocenters. The SMILES string of the molecule is CCCn1c(N)c(C(=O)COC(=O)c2cccc(OC)c2OC)c(=O)[nH]c1=O. The summed E-state index contributed by atoms with van der Waals surface area (Å²) in [5.74, 6) is -1.48. The van der Waals surface area contributed by atoms with Gasteiger partial charge in [0.1, 0.15) is 16.9 Å². The number of nitrogens with two attached hydrogens (primary N) is 1. The monoisotopic (exact) mass is 391 g/mol. The smallest absolute Gasteiger partial charge is 0.342 e. The van der Waals surface area contributed by atoms with Crippen LogP contribution in [0.4, 0.5) is 5.82 Å². The molecule has 10 nitrogen and oxygen atoms in total. The highest BCUT2D eigenvalue weighted by molar-refractivity contribution is 6.02. The number of hydrogen-bond acceptors (Lipinski definition) is 8. The Bertz CT molecular complexity index is 1010. The Hall–Kier alpha value is -3.56. The van der Waals surface area contributed by atoms with Crippen LogP contribution in [0.15, 0.2) is 27.8 Å². The highest BCUT2D eigenvalue weighted by Crippen LogP contribution is 2.31. The number of carbonyl (C=O) groups is 2. The maximum Gasteiger partial charge on any atom is 0.342 e. The van der Waals surface area contributed by atoms with E-state index in [9.17, 15) is 19.2 Å². The number of nitrogen functional groups attached to an aromatic ring is 1. The van der Waals surface area contributed by atoms with Crippen molar-refractivity contribution in [1.29, 1.82) is 0 Å². The molecule has 1 aromatic carbocycles. The predicted octanol–water partition coefficient (Wildman–Crippen LogP) is 0.586. The van der Waals surface area contributed by atoms with Crippen molar-refractivity contribution in [2.75, 3.05) is 26.6 Å². The Morgan fingerprint density at radius 2 is 1.89 bits per heavy atom. The Balaban J connectivity index is 2.26. The van der Waals surface area contributed by atoms with Gasteiger partial charge in [0.2, 0.25) is 5.78 Å². The van der Waals surface area contributed by atoms with Crippen molar-refractivity contribution >= 4 is 17.6 Å². The Kier molecular flexibility index (Phi) is 6.59. The van der Waals surface area contributed by atoms with Crippen LogP contribution >= 0.6 is 0 Å². The second-order valence-electron chi connectivity index (χ2n) is 5.71. The van der Waals surface area contributed by atoms with Crippen LogP contribution in [0.3, 0.4) is 0 Å². The highest BCUT2D eigenvalue weighted by atomic mass is 16.5. The van der Waals surface area contributed by atoms with Crippen LogP contribution in [0.1, 0.15) is 34.1 Å². The van der Waals surface area contributed by atoms with Gasteiger partial charge in [0, 0.05) is 6.54 Å². The normalized spacial score (nSPS) is 10.4. The molecule has 0 aliphatic carbocycles. The van der Waals surface area contributed by atoms with Gasteiger partial charge < -0.3 is 19.9 Å². The largest absolute Gasteiger partial charge is 0.493 e. The number of anilines is 1. The summed E-state index contributed by atoms with van der Waals surface area (Å²) in [5, 5.41) is 0. The maximum atomic E-state index is 12.4. The van der Waals surface area contributed by atoms with E-state index in [1.54, 1.807) is 12.1 Å². The van der Waals surface area contributed by atoms with Crippen LogP contribution in [0, 0.1) is 0 Å². The van der Waals surface area contributed by atoms with Gasteiger partial charge in [-0.25, -0.2) is 9.59 Å². The first-order valence-electron chi connectivity index (χ1n) is 8.39. The molecule has 0 atom stereocenters. The van der Waals surface area contributed by atoms with Crippen LogP contribution < -0.4 is 26.5 Å². The lowest BCUT2D eigenvalue weighted by atomic mass is 10.2. The fourth-order valence-electron chi connectivity index (χ4n) is 2.63. The molecule has 0 amide bonds. The van der Waals surface area contributed by atoms with Crippen LogP contribution in [0.5, 0.6) is 11.5 Å². The first-order chi connectivity index (χ1) is 13.3. The summed E-state index contributed by atoms with van der Waals surface area (Å²) in [5.41, 5.74) is 3.79. The van der Waals surface area contributed by atoms with E-state index in [0.717, 1.165) is 4.57 Å².